The number of nitrogens with zero attached hydrogens (tertiary/aromatic N) is 4. The van der Waals surface area contributed by atoms with Gasteiger partial charge in [-0.2, -0.15) is 0 Å². The molecule has 5 rings (SSSR count). The first-order valence-corrected chi connectivity index (χ1v) is 16.7. The predicted octanol–water partition coefficient (Wildman–Crippen LogP) is 5.41. The molecular weight excluding hydrogens is 557 g/mol. The van der Waals surface area contributed by atoms with Crippen molar-refractivity contribution in [2.24, 2.45) is 0 Å². The zero-order valence-electron chi connectivity index (χ0n) is 21.4. The Balaban J connectivity index is 1.27. The zero-order chi connectivity index (χ0) is 27.1. The summed E-state index contributed by atoms with van der Waals surface area (Å²) in [4.78, 5) is 12.5. The smallest absolute Gasteiger partial charge is 0.405 e. The van der Waals surface area contributed by atoms with E-state index in [1.54, 1.807) is 40.0 Å². The maximum absolute atomic E-state index is 14.1. The summed E-state index contributed by atoms with van der Waals surface area (Å²) >= 11 is 0. The van der Waals surface area contributed by atoms with Crippen LogP contribution in [-0.2, 0) is 31.7 Å². The minimum Gasteiger partial charge on any atom is -0.423 e. The molecule has 206 valence electrons. The fourth-order valence-corrected chi connectivity index (χ4v) is 8.18. The van der Waals surface area contributed by atoms with Crippen LogP contribution in [0, 0.1) is 0 Å². The first-order valence-electron chi connectivity index (χ1n) is 12.4. The number of hydrogen-bond donors (Lipinski definition) is 1. The summed E-state index contributed by atoms with van der Waals surface area (Å²) in [6, 6.07) is 19.0. The highest BCUT2D eigenvalue weighted by molar-refractivity contribution is 8.76. The van der Waals surface area contributed by atoms with Gasteiger partial charge in [0.2, 0.25) is 0 Å². The van der Waals surface area contributed by atoms with Crippen LogP contribution >= 0.6 is 29.2 Å². The van der Waals surface area contributed by atoms with Gasteiger partial charge in [-0.3, -0.25) is 4.52 Å². The molecule has 0 bridgehead atoms. The molecule has 39 heavy (non-hydrogen) atoms. The number of imidazole rings is 1. The molecule has 10 nitrogen and oxygen atoms in total. The number of benzene rings is 2. The molecule has 13 heteroatoms. The van der Waals surface area contributed by atoms with Crippen LogP contribution in [0.3, 0.4) is 0 Å². The van der Waals surface area contributed by atoms with Gasteiger partial charge in [0.15, 0.2) is 17.8 Å². The van der Waals surface area contributed by atoms with Gasteiger partial charge in [-0.05, 0) is 24.6 Å². The highest BCUT2D eigenvalue weighted by Crippen LogP contribution is 2.52. The van der Waals surface area contributed by atoms with Gasteiger partial charge in [0.25, 0.3) is 0 Å². The number of fused-ring (bicyclic) bond motifs is 1. The Morgan fingerprint density at radius 2 is 1.74 bits per heavy atom. The molecule has 1 fully saturated rings. The molecule has 0 amide bonds. The fraction of sp³-hybridized carbons (Fsp3) is 0.346. The van der Waals surface area contributed by atoms with Gasteiger partial charge in [-0.1, -0.05) is 70.1 Å². The molecule has 1 aliphatic rings. The van der Waals surface area contributed by atoms with E-state index in [2.05, 4.69) is 15.0 Å². The van der Waals surface area contributed by atoms with Crippen LogP contribution in [0.15, 0.2) is 73.3 Å². The molecule has 1 unspecified atom stereocenters. The van der Waals surface area contributed by atoms with Crippen molar-refractivity contribution in [1.29, 1.82) is 0 Å². The lowest BCUT2D eigenvalue weighted by molar-refractivity contribution is -0.0192. The van der Waals surface area contributed by atoms with Crippen LogP contribution < -0.4 is 10.3 Å². The number of hydrogen-bond acceptors (Lipinski definition) is 11. The molecule has 0 spiro atoms. The number of ether oxygens (including phenoxy) is 2. The van der Waals surface area contributed by atoms with Gasteiger partial charge in [0.05, 0.1) is 31.7 Å². The summed E-state index contributed by atoms with van der Waals surface area (Å²) in [7, 11) is -0.355. The second-order valence-corrected chi connectivity index (χ2v) is 13.4. The molecule has 0 radical (unpaired) electrons. The van der Waals surface area contributed by atoms with Crippen LogP contribution in [0.25, 0.3) is 11.2 Å². The molecule has 0 aliphatic carbocycles. The van der Waals surface area contributed by atoms with E-state index in [1.165, 1.54) is 6.33 Å². The Hall–Kier alpha value is -2.60. The SMILES string of the molecule is C[C@H](Cn1cnc2c(N)ncnc21)OCP(=O)(Oc1ccccc1)O[C@H]1CSSC[C@H]1OCc1ccccc1. The van der Waals surface area contributed by atoms with Crippen molar-refractivity contribution >= 4 is 46.2 Å². The number of para-hydroxylation sites is 1. The molecule has 1 saturated heterocycles. The van der Waals surface area contributed by atoms with Crippen molar-refractivity contribution in [1.82, 2.24) is 19.5 Å². The van der Waals surface area contributed by atoms with Gasteiger partial charge >= 0.3 is 7.60 Å². The third-order valence-corrected chi connectivity index (χ3v) is 9.91. The number of anilines is 1. The monoisotopic (exact) mass is 587 g/mol. The van der Waals surface area contributed by atoms with Crippen molar-refractivity contribution in [3.8, 4) is 5.75 Å². The van der Waals surface area contributed by atoms with E-state index in [1.807, 2.05) is 60.0 Å². The molecule has 0 saturated carbocycles. The lowest BCUT2D eigenvalue weighted by atomic mass is 10.2. The van der Waals surface area contributed by atoms with Gasteiger partial charge in [-0.25, -0.2) is 19.5 Å². The summed E-state index contributed by atoms with van der Waals surface area (Å²) in [5, 5.41) is 0. The minimum atomic E-state index is -3.74. The van der Waals surface area contributed by atoms with Gasteiger partial charge in [0.1, 0.15) is 23.7 Å². The van der Waals surface area contributed by atoms with Crippen molar-refractivity contribution in [2.45, 2.75) is 38.4 Å². The molecule has 1 aliphatic heterocycles. The molecule has 3 heterocycles. The topological polar surface area (TPSA) is 124 Å². The third kappa shape index (κ3) is 7.53. The van der Waals surface area contributed by atoms with Crippen molar-refractivity contribution in [2.75, 3.05) is 23.6 Å². The minimum absolute atomic E-state index is 0.230. The van der Waals surface area contributed by atoms with E-state index >= 15 is 0 Å². The Morgan fingerprint density at radius 3 is 2.51 bits per heavy atom. The first kappa shape index (κ1) is 27.9. The predicted molar refractivity (Wildman–Crippen MR) is 155 cm³/mol. The summed E-state index contributed by atoms with van der Waals surface area (Å²) in [6.45, 7) is 2.74. The fourth-order valence-electron chi connectivity index (χ4n) is 3.98. The Bertz CT molecular complexity index is 1400. The van der Waals surface area contributed by atoms with Crippen molar-refractivity contribution in [3.05, 3.63) is 78.9 Å². The maximum atomic E-state index is 14.1. The number of rotatable bonds is 12. The molecular formula is C26H30N5O5PS2. The Kier molecular flexibility index (Phi) is 9.44. The van der Waals surface area contributed by atoms with E-state index in [9.17, 15) is 4.57 Å². The van der Waals surface area contributed by atoms with Crippen LogP contribution in [0.2, 0.25) is 0 Å². The van der Waals surface area contributed by atoms with E-state index in [0.29, 0.717) is 47.4 Å². The standard InChI is InChI=1S/C26H30N5O5PS2/c1-19(12-31-17-30-24-25(27)28-16-29-26(24)31)34-18-37(32,35-21-10-6-3-7-11-21)36-23-15-39-38-14-22(23)33-13-20-8-4-2-5-9-20/h2-11,16-17,19,22-23H,12-15,18H2,1H3,(H2,27,28,29)/t19-,22-,23+,37?/m1/s1. The molecule has 4 atom stereocenters. The highest BCUT2D eigenvalue weighted by atomic mass is 33.1. The zero-order valence-corrected chi connectivity index (χ0v) is 23.9. The van der Waals surface area contributed by atoms with Crippen molar-refractivity contribution < 1.29 is 23.1 Å². The quantitative estimate of drug-likeness (QED) is 0.169. The summed E-state index contributed by atoms with van der Waals surface area (Å²) in [5.74, 6) is 2.09. The third-order valence-electron chi connectivity index (χ3n) is 5.95. The van der Waals surface area contributed by atoms with Gasteiger partial charge < -0.3 is 24.3 Å². The number of nitrogen functional groups attached to an aromatic ring is 1. The summed E-state index contributed by atoms with van der Waals surface area (Å²) in [6.07, 6.45) is 1.78. The maximum Gasteiger partial charge on any atom is 0.405 e. The van der Waals surface area contributed by atoms with Gasteiger partial charge in [-0.15, -0.1) is 0 Å². The van der Waals surface area contributed by atoms with E-state index < -0.39 is 13.7 Å². The van der Waals surface area contributed by atoms with Crippen LogP contribution in [0.5, 0.6) is 5.75 Å². The number of aromatic nitrogens is 4. The molecule has 2 N–H and O–H groups in total. The van der Waals surface area contributed by atoms with Crippen LogP contribution in [0.4, 0.5) is 5.82 Å². The molecule has 4 aromatic rings. The average molecular weight is 588 g/mol. The Morgan fingerprint density at radius 1 is 1.03 bits per heavy atom. The van der Waals surface area contributed by atoms with Crippen molar-refractivity contribution in [3.63, 3.8) is 0 Å². The lowest BCUT2D eigenvalue weighted by Gasteiger charge is -2.33. The van der Waals surface area contributed by atoms with Crippen LogP contribution in [0.1, 0.15) is 12.5 Å². The number of nitrogens with two attached hydrogens (primary N) is 1. The molecule has 2 aromatic carbocycles. The van der Waals surface area contributed by atoms with E-state index in [-0.39, 0.29) is 18.6 Å². The average Bonchev–Trinajstić information content (AvgIpc) is 3.36. The lowest BCUT2D eigenvalue weighted by Crippen LogP contribution is -2.38. The molecule has 2 aromatic heterocycles. The second kappa shape index (κ2) is 13.2. The van der Waals surface area contributed by atoms with Crippen LogP contribution in [-0.4, -0.2) is 55.7 Å². The Labute approximate surface area is 234 Å². The normalized spacial score (nSPS) is 19.9. The summed E-state index contributed by atoms with van der Waals surface area (Å²) < 4.78 is 40.4. The second-order valence-electron chi connectivity index (χ2n) is 9.00. The van der Waals surface area contributed by atoms with Gasteiger partial charge in [0, 0.05) is 11.5 Å². The highest BCUT2D eigenvalue weighted by Gasteiger charge is 2.38. The largest absolute Gasteiger partial charge is 0.423 e. The van der Waals surface area contributed by atoms with E-state index in [0.717, 1.165) is 5.56 Å². The van der Waals surface area contributed by atoms with E-state index in [4.69, 9.17) is 24.3 Å². The first-order chi connectivity index (χ1) is 19.0. The summed E-state index contributed by atoms with van der Waals surface area (Å²) in [5.41, 5.74) is 8.10.